The third-order valence-corrected chi connectivity index (χ3v) is 13.4. The van der Waals surface area contributed by atoms with Gasteiger partial charge in [0.25, 0.3) is 0 Å². The second-order valence-electron chi connectivity index (χ2n) is 12.4. The van der Waals surface area contributed by atoms with Crippen molar-refractivity contribution in [3.63, 3.8) is 0 Å². The van der Waals surface area contributed by atoms with E-state index >= 15 is 0 Å². The van der Waals surface area contributed by atoms with Gasteiger partial charge in [-0.2, -0.15) is 0 Å². The Hall–Kier alpha value is -2.83. The van der Waals surface area contributed by atoms with Gasteiger partial charge in [0, 0.05) is 22.1 Å². The molecule has 0 amide bonds. The van der Waals surface area contributed by atoms with Gasteiger partial charge in [0.1, 0.15) is 11.2 Å². The van der Waals surface area contributed by atoms with Crippen LogP contribution < -0.4 is 4.52 Å². The molecule has 1 aliphatic rings. The maximum Gasteiger partial charge on any atom is 0.387 e. The second-order valence-corrected chi connectivity index (χ2v) is 16.0. The van der Waals surface area contributed by atoms with Crippen molar-refractivity contribution in [2.75, 3.05) is 6.35 Å². The average molecular weight is 625 g/mol. The molecule has 1 fully saturated rings. The third-order valence-electron chi connectivity index (χ3n) is 9.04. The van der Waals surface area contributed by atoms with Gasteiger partial charge in [-0.1, -0.05) is 107 Å². The largest absolute Gasteiger partial charge is 0.399 e. The molecule has 4 aromatic carbocycles. The molecular weight excluding hydrogens is 578 g/mol. The molecule has 0 N–H and O–H groups in total. The zero-order valence-electron chi connectivity index (χ0n) is 26.7. The molecule has 1 aromatic heterocycles. The van der Waals surface area contributed by atoms with Crippen LogP contribution in [0.1, 0.15) is 97.1 Å². The topological polar surface area (TPSA) is 35.5 Å². The van der Waals surface area contributed by atoms with Crippen molar-refractivity contribution >= 4 is 38.1 Å². The summed E-state index contributed by atoms with van der Waals surface area (Å²) in [6.07, 6.45) is 9.57. The van der Waals surface area contributed by atoms with E-state index in [1.807, 2.05) is 0 Å². The molecule has 6 rings (SSSR count). The minimum Gasteiger partial charge on any atom is -0.399 e. The smallest absolute Gasteiger partial charge is 0.387 e. The molecule has 0 aliphatic carbocycles. The summed E-state index contributed by atoms with van der Waals surface area (Å²) in [5.74, 6) is 0. The highest BCUT2D eigenvalue weighted by molar-refractivity contribution is 7.59. The molecule has 1 saturated heterocycles. The number of benzene rings is 4. The maximum atomic E-state index is 6.89. The lowest BCUT2D eigenvalue weighted by Gasteiger charge is -2.25. The normalized spacial score (nSPS) is 17.1. The van der Waals surface area contributed by atoms with E-state index in [4.69, 9.17) is 12.9 Å². The van der Waals surface area contributed by atoms with Crippen molar-refractivity contribution in [2.45, 2.75) is 90.4 Å². The Morgan fingerprint density at radius 2 is 1.11 bits per heavy atom. The van der Waals surface area contributed by atoms with Crippen LogP contribution in [0.3, 0.4) is 0 Å². The van der Waals surface area contributed by atoms with Crippen LogP contribution >= 0.6 is 16.2 Å². The van der Waals surface area contributed by atoms with Crippen LogP contribution in [0.5, 0.6) is 0 Å². The molecule has 44 heavy (non-hydrogen) atoms. The summed E-state index contributed by atoms with van der Waals surface area (Å²) in [7, 11) is -2.13. The van der Waals surface area contributed by atoms with E-state index in [2.05, 4.69) is 113 Å². The number of unbranched alkanes of at least 4 members (excludes halogenated alkanes) is 2. The van der Waals surface area contributed by atoms with Gasteiger partial charge in [-0.15, -0.1) is 0 Å². The highest BCUT2D eigenvalue weighted by Gasteiger charge is 2.38. The van der Waals surface area contributed by atoms with Crippen molar-refractivity contribution in [2.24, 2.45) is 0 Å². The lowest BCUT2D eigenvalue weighted by atomic mass is 9.97. The fourth-order valence-electron chi connectivity index (χ4n) is 6.86. The molecule has 0 bridgehead atoms. The third kappa shape index (κ3) is 6.87. The van der Waals surface area contributed by atoms with Gasteiger partial charge in [0.15, 0.2) is 0 Å². The number of fused-ring (bicyclic) bond motifs is 3. The predicted molar refractivity (Wildman–Crippen MR) is 189 cm³/mol. The van der Waals surface area contributed by atoms with Gasteiger partial charge in [0.05, 0.1) is 6.35 Å². The van der Waals surface area contributed by atoms with Crippen molar-refractivity contribution in [3.05, 3.63) is 118 Å². The first kappa shape index (κ1) is 31.2. The number of hydrogen-bond acceptors (Lipinski definition) is 3. The van der Waals surface area contributed by atoms with Gasteiger partial charge >= 0.3 is 8.24 Å². The van der Waals surface area contributed by atoms with Crippen molar-refractivity contribution in [3.8, 4) is 0 Å². The fraction of sp³-hybridized carbons (Fsp3) is 0.385. The zero-order valence-corrected chi connectivity index (χ0v) is 28.5. The molecular formula is C39H46O3P2. The van der Waals surface area contributed by atoms with Crippen molar-refractivity contribution in [1.29, 1.82) is 0 Å². The average Bonchev–Trinajstić information content (AvgIpc) is 3.40. The molecule has 0 saturated carbocycles. The molecule has 1 aliphatic heterocycles. The summed E-state index contributed by atoms with van der Waals surface area (Å²) < 4.78 is 20.7. The lowest BCUT2D eigenvalue weighted by Crippen LogP contribution is -2.02. The molecule has 2 atom stereocenters. The lowest BCUT2D eigenvalue weighted by molar-refractivity contribution is 0.432. The second kappa shape index (κ2) is 14.5. The van der Waals surface area contributed by atoms with Gasteiger partial charge in [-0.25, -0.2) is 0 Å². The van der Waals surface area contributed by atoms with E-state index in [1.165, 1.54) is 46.2 Å². The number of rotatable bonds is 11. The van der Waals surface area contributed by atoms with Gasteiger partial charge in [-0.05, 0) is 97.9 Å². The summed E-state index contributed by atoms with van der Waals surface area (Å²) in [4.78, 5) is 0. The molecule has 3 nitrogen and oxygen atoms in total. The Labute approximate surface area is 265 Å². The van der Waals surface area contributed by atoms with Gasteiger partial charge in [-0.3, -0.25) is 4.52 Å². The van der Waals surface area contributed by atoms with E-state index in [0.717, 1.165) is 60.5 Å². The van der Waals surface area contributed by atoms with Crippen LogP contribution in [-0.4, -0.2) is 6.35 Å². The van der Waals surface area contributed by atoms with Crippen LogP contribution in [0.2, 0.25) is 0 Å². The summed E-state index contributed by atoms with van der Waals surface area (Å²) in [5, 5.41) is 2.30. The number of hydrogen-bond donors (Lipinski definition) is 0. The first-order valence-electron chi connectivity index (χ1n) is 16.5. The highest BCUT2D eigenvalue weighted by atomic mass is 31.1. The van der Waals surface area contributed by atoms with Crippen LogP contribution in [0, 0.1) is 13.8 Å². The minimum atomic E-state index is -1.63. The van der Waals surface area contributed by atoms with E-state index in [1.54, 1.807) is 0 Å². The van der Waals surface area contributed by atoms with Crippen molar-refractivity contribution < 1.29 is 12.9 Å². The first-order chi connectivity index (χ1) is 21.6. The SMILES string of the molecule is CCCCc1cc(C)cc2c1op(OCP1[C@H](c3ccccc3)CC[C@H]1c1ccccc1)oc1c(CCCC)cc(C)cc12. The Bertz CT molecular complexity index is 1610. The monoisotopic (exact) mass is 624 g/mol. The predicted octanol–water partition coefficient (Wildman–Crippen LogP) is 12.7. The molecule has 0 spiro atoms. The van der Waals surface area contributed by atoms with E-state index < -0.39 is 16.2 Å². The molecule has 0 unspecified atom stereocenters. The van der Waals surface area contributed by atoms with E-state index in [0.29, 0.717) is 17.7 Å². The van der Waals surface area contributed by atoms with E-state index in [-0.39, 0.29) is 0 Å². The Morgan fingerprint density at radius 1 is 0.659 bits per heavy atom. The standard InChI is InChI=1S/C39H46O3P2/c1-5-7-15-32-23-28(3)25-34-35-26-29(4)24-33(16-8-6-2)39(35)42-44(41-38(32)34)40-27-43-36(30-17-11-9-12-18-30)21-22-37(43)31-19-13-10-14-20-31/h9-14,17-20,23-26,36-37H,5-8,15-16,21-22,27H2,1-4H3/t36-,37-/m0/s1. The van der Waals surface area contributed by atoms with Crippen molar-refractivity contribution in [1.82, 2.24) is 0 Å². The van der Waals surface area contributed by atoms with Gasteiger partial charge in [0.2, 0.25) is 0 Å². The van der Waals surface area contributed by atoms with Crippen LogP contribution in [0.4, 0.5) is 0 Å². The summed E-state index contributed by atoms with van der Waals surface area (Å²) in [6, 6.07) is 31.3. The summed E-state index contributed by atoms with van der Waals surface area (Å²) in [5.41, 5.74) is 10.8. The molecule has 2 heterocycles. The summed E-state index contributed by atoms with van der Waals surface area (Å²) in [6.45, 7) is 8.90. The highest BCUT2D eigenvalue weighted by Crippen LogP contribution is 2.70. The Morgan fingerprint density at radius 3 is 1.55 bits per heavy atom. The maximum absolute atomic E-state index is 6.89. The Balaban J connectivity index is 1.47. The van der Waals surface area contributed by atoms with Crippen LogP contribution in [-0.2, 0) is 12.8 Å². The first-order valence-corrected chi connectivity index (χ1v) is 19.2. The fourth-order valence-corrected chi connectivity index (χ4v) is 11.5. The molecule has 0 radical (unpaired) electrons. The number of aryl methyl sites for hydroxylation is 4. The summed E-state index contributed by atoms with van der Waals surface area (Å²) >= 11 is 0. The quantitative estimate of drug-likeness (QED) is 0.137. The minimum absolute atomic E-state index is 0.503. The zero-order chi connectivity index (χ0) is 30.5. The molecule has 230 valence electrons. The van der Waals surface area contributed by atoms with E-state index in [9.17, 15) is 0 Å². The van der Waals surface area contributed by atoms with Crippen LogP contribution in [0.15, 0.2) is 93.3 Å². The molecule has 5 heteroatoms. The Kier molecular flexibility index (Phi) is 10.3. The molecule has 5 aromatic rings. The van der Waals surface area contributed by atoms with Gasteiger partial charge < -0.3 is 8.39 Å². The van der Waals surface area contributed by atoms with Crippen LogP contribution in [0.25, 0.3) is 21.9 Å².